The summed E-state index contributed by atoms with van der Waals surface area (Å²) in [5.41, 5.74) is 0.889. The average molecular weight is 300 g/mol. The van der Waals surface area contributed by atoms with E-state index in [9.17, 15) is 14.7 Å². The number of urea groups is 1. The minimum absolute atomic E-state index is 0.0808. The molecule has 2 unspecified atom stereocenters. The first kappa shape index (κ1) is 16.9. The molecule has 0 spiro atoms. The molecule has 1 N–H and O–H groups in total. The fraction of sp³-hybridized carbons (Fsp3) is 0.714. The number of hydrogen-bond donors (Lipinski definition) is 1. The molecule has 0 aromatic heterocycles. The summed E-state index contributed by atoms with van der Waals surface area (Å²) >= 11 is 1.55. The van der Waals surface area contributed by atoms with Crippen LogP contribution in [0.3, 0.4) is 0 Å². The van der Waals surface area contributed by atoms with Crippen molar-refractivity contribution in [2.45, 2.75) is 39.1 Å². The Morgan fingerprint density at radius 1 is 1.50 bits per heavy atom. The molecule has 0 aliphatic carbocycles. The summed E-state index contributed by atoms with van der Waals surface area (Å²) in [6.07, 6.45) is 0. The third-order valence-electron chi connectivity index (χ3n) is 3.22. The monoisotopic (exact) mass is 300 g/mol. The maximum Gasteiger partial charge on any atom is 0.327 e. The summed E-state index contributed by atoms with van der Waals surface area (Å²) < 4.78 is 0. The van der Waals surface area contributed by atoms with E-state index in [2.05, 4.69) is 6.58 Å². The van der Waals surface area contributed by atoms with E-state index in [0.29, 0.717) is 18.8 Å². The van der Waals surface area contributed by atoms with E-state index in [4.69, 9.17) is 0 Å². The molecule has 0 saturated carbocycles. The second-order valence-corrected chi connectivity index (χ2v) is 6.63. The molecule has 6 heteroatoms. The van der Waals surface area contributed by atoms with Crippen molar-refractivity contribution in [1.82, 2.24) is 9.80 Å². The second kappa shape index (κ2) is 7.02. The SMILES string of the molecule is C=C(C)CN(CC)C(=O)N1C(C(=O)O)CSC1C(C)C. The largest absolute Gasteiger partial charge is 0.480 e. The fourth-order valence-electron chi connectivity index (χ4n) is 2.28. The number of nitrogens with zero attached hydrogens (tertiary/aromatic N) is 2. The fourth-order valence-corrected chi connectivity index (χ4v) is 3.74. The Hall–Kier alpha value is -1.17. The zero-order valence-electron chi connectivity index (χ0n) is 12.6. The molecule has 1 aliphatic rings. The topological polar surface area (TPSA) is 60.9 Å². The van der Waals surface area contributed by atoms with Gasteiger partial charge in [-0.2, -0.15) is 0 Å². The van der Waals surface area contributed by atoms with Crippen LogP contribution >= 0.6 is 11.8 Å². The van der Waals surface area contributed by atoms with Gasteiger partial charge in [0.05, 0.1) is 5.37 Å². The number of carboxylic acid groups (broad SMARTS) is 1. The Morgan fingerprint density at radius 2 is 2.10 bits per heavy atom. The molecule has 20 heavy (non-hydrogen) atoms. The molecule has 2 atom stereocenters. The number of hydrogen-bond acceptors (Lipinski definition) is 3. The van der Waals surface area contributed by atoms with E-state index >= 15 is 0 Å². The van der Waals surface area contributed by atoms with Crippen LogP contribution in [0.1, 0.15) is 27.7 Å². The first-order valence-electron chi connectivity index (χ1n) is 6.85. The molecular weight excluding hydrogens is 276 g/mol. The summed E-state index contributed by atoms with van der Waals surface area (Å²) in [6, 6.07) is -0.939. The summed E-state index contributed by atoms with van der Waals surface area (Å²) in [7, 11) is 0. The molecular formula is C14H24N2O3S. The predicted octanol–water partition coefficient (Wildman–Crippen LogP) is 2.49. The lowest BCUT2D eigenvalue weighted by Gasteiger charge is -2.34. The highest BCUT2D eigenvalue weighted by atomic mass is 32.2. The number of amides is 2. The van der Waals surface area contributed by atoms with Gasteiger partial charge in [0, 0.05) is 18.8 Å². The Labute approximate surface area is 125 Å². The van der Waals surface area contributed by atoms with Crippen LogP contribution in [0.2, 0.25) is 0 Å². The Bertz CT molecular complexity index is 398. The number of thioether (sulfide) groups is 1. The van der Waals surface area contributed by atoms with Crippen LogP contribution in [0.4, 0.5) is 4.79 Å². The van der Waals surface area contributed by atoms with E-state index in [0.717, 1.165) is 5.57 Å². The van der Waals surface area contributed by atoms with Gasteiger partial charge in [-0.25, -0.2) is 9.59 Å². The molecule has 0 aromatic rings. The van der Waals surface area contributed by atoms with Crippen molar-refractivity contribution < 1.29 is 14.7 Å². The lowest BCUT2D eigenvalue weighted by Crippen LogP contribution is -2.53. The maximum absolute atomic E-state index is 12.7. The number of carbonyl (C=O) groups is 2. The minimum atomic E-state index is -0.930. The van der Waals surface area contributed by atoms with Crippen LogP contribution in [0.5, 0.6) is 0 Å². The number of carbonyl (C=O) groups excluding carboxylic acids is 1. The van der Waals surface area contributed by atoms with Crippen molar-refractivity contribution in [2.24, 2.45) is 5.92 Å². The zero-order valence-corrected chi connectivity index (χ0v) is 13.4. The molecule has 5 nitrogen and oxygen atoms in total. The standard InChI is InChI=1S/C14H24N2O3S/c1-6-15(7-9(2)3)14(19)16-11(13(17)18)8-20-12(16)10(4)5/h10-12H,2,6-8H2,1,3-5H3,(H,17,18). The lowest BCUT2D eigenvalue weighted by molar-refractivity contribution is -0.141. The molecule has 2 amide bonds. The highest BCUT2D eigenvalue weighted by Gasteiger charge is 2.44. The minimum Gasteiger partial charge on any atom is -0.480 e. The molecule has 0 aromatic carbocycles. The number of likely N-dealkylation sites (N-methyl/N-ethyl adjacent to an activating group) is 1. The Kier molecular flexibility index (Phi) is 5.92. The molecule has 114 valence electrons. The van der Waals surface area contributed by atoms with Crippen LogP contribution < -0.4 is 0 Å². The third kappa shape index (κ3) is 3.69. The molecule has 1 saturated heterocycles. The molecule has 1 rings (SSSR count). The van der Waals surface area contributed by atoms with Gasteiger partial charge in [-0.05, 0) is 19.8 Å². The molecule has 0 radical (unpaired) electrons. The van der Waals surface area contributed by atoms with Gasteiger partial charge >= 0.3 is 12.0 Å². The number of carboxylic acids is 1. The first-order valence-corrected chi connectivity index (χ1v) is 7.90. The zero-order chi connectivity index (χ0) is 15.4. The summed E-state index contributed by atoms with van der Waals surface area (Å²) in [5.74, 6) is -0.258. The number of aliphatic carboxylic acids is 1. The highest BCUT2D eigenvalue weighted by Crippen LogP contribution is 2.34. The van der Waals surface area contributed by atoms with Gasteiger partial charge in [0.2, 0.25) is 0 Å². The van der Waals surface area contributed by atoms with E-state index < -0.39 is 12.0 Å². The Balaban J connectivity index is 2.98. The summed E-state index contributed by atoms with van der Waals surface area (Å²) in [5, 5.41) is 9.24. The average Bonchev–Trinajstić information content (AvgIpc) is 2.79. The van der Waals surface area contributed by atoms with Crippen LogP contribution in [-0.2, 0) is 4.79 Å². The van der Waals surface area contributed by atoms with Crippen LogP contribution in [-0.4, -0.2) is 57.2 Å². The van der Waals surface area contributed by atoms with Crippen molar-refractivity contribution >= 4 is 23.8 Å². The van der Waals surface area contributed by atoms with Gasteiger partial charge in [-0.15, -0.1) is 11.8 Å². The Morgan fingerprint density at radius 3 is 2.50 bits per heavy atom. The van der Waals surface area contributed by atoms with Gasteiger partial charge in [0.15, 0.2) is 0 Å². The van der Waals surface area contributed by atoms with E-state index in [-0.39, 0.29) is 17.3 Å². The normalized spacial score (nSPS) is 22.1. The molecule has 1 fully saturated rings. The maximum atomic E-state index is 12.7. The molecule has 1 heterocycles. The van der Waals surface area contributed by atoms with E-state index in [1.54, 1.807) is 16.7 Å². The van der Waals surface area contributed by atoms with Crippen molar-refractivity contribution in [3.8, 4) is 0 Å². The molecule has 0 bridgehead atoms. The van der Waals surface area contributed by atoms with E-state index in [1.165, 1.54) is 4.90 Å². The van der Waals surface area contributed by atoms with E-state index in [1.807, 2.05) is 27.7 Å². The number of rotatable bonds is 5. The van der Waals surface area contributed by atoms with Crippen LogP contribution in [0, 0.1) is 5.92 Å². The summed E-state index contributed by atoms with van der Waals surface area (Å²) in [6.45, 7) is 12.6. The quantitative estimate of drug-likeness (QED) is 0.792. The van der Waals surface area contributed by atoms with Gasteiger partial charge in [0.25, 0.3) is 0 Å². The molecule has 1 aliphatic heterocycles. The van der Waals surface area contributed by atoms with Gasteiger partial charge in [-0.1, -0.05) is 26.0 Å². The highest BCUT2D eigenvalue weighted by molar-refractivity contribution is 8.00. The van der Waals surface area contributed by atoms with Crippen molar-refractivity contribution in [1.29, 1.82) is 0 Å². The van der Waals surface area contributed by atoms with Crippen LogP contribution in [0.15, 0.2) is 12.2 Å². The lowest BCUT2D eigenvalue weighted by atomic mass is 10.1. The van der Waals surface area contributed by atoms with Crippen molar-refractivity contribution in [3.63, 3.8) is 0 Å². The van der Waals surface area contributed by atoms with Crippen molar-refractivity contribution in [2.75, 3.05) is 18.8 Å². The predicted molar refractivity (Wildman–Crippen MR) is 81.8 cm³/mol. The summed E-state index contributed by atoms with van der Waals surface area (Å²) in [4.78, 5) is 27.2. The first-order chi connectivity index (χ1) is 9.29. The third-order valence-corrected chi connectivity index (χ3v) is 4.85. The van der Waals surface area contributed by atoms with Gasteiger partial charge in [-0.3, -0.25) is 4.90 Å². The smallest absolute Gasteiger partial charge is 0.327 e. The van der Waals surface area contributed by atoms with Crippen molar-refractivity contribution in [3.05, 3.63) is 12.2 Å². The van der Waals surface area contributed by atoms with Gasteiger partial charge < -0.3 is 10.0 Å². The second-order valence-electron chi connectivity index (χ2n) is 5.48. The van der Waals surface area contributed by atoms with Crippen LogP contribution in [0.25, 0.3) is 0 Å². The van der Waals surface area contributed by atoms with Gasteiger partial charge in [0.1, 0.15) is 6.04 Å².